The molecular formula is C25H25N3O. The molecule has 1 aromatic heterocycles. The van der Waals surface area contributed by atoms with E-state index in [1.54, 1.807) is 6.08 Å². The average molecular weight is 383 g/mol. The molecule has 2 aromatic carbocycles. The number of nitriles is 1. The fourth-order valence-corrected chi connectivity index (χ4v) is 4.17. The molecule has 1 aliphatic rings. The summed E-state index contributed by atoms with van der Waals surface area (Å²) in [6.45, 7) is 2.83. The van der Waals surface area contributed by atoms with Crippen molar-refractivity contribution in [2.24, 2.45) is 0 Å². The Labute approximate surface area is 171 Å². The van der Waals surface area contributed by atoms with Gasteiger partial charge in [0.15, 0.2) is 0 Å². The molecule has 3 aromatic rings. The van der Waals surface area contributed by atoms with Crippen molar-refractivity contribution >= 4 is 22.9 Å². The number of carbonyl (C=O) groups excluding carboxylic acids is 1. The van der Waals surface area contributed by atoms with Gasteiger partial charge in [-0.05, 0) is 37.5 Å². The Hall–Kier alpha value is -3.32. The van der Waals surface area contributed by atoms with Gasteiger partial charge < -0.3 is 9.88 Å². The highest BCUT2D eigenvalue weighted by atomic mass is 16.1. The first-order valence-electron chi connectivity index (χ1n) is 10.2. The van der Waals surface area contributed by atoms with Crippen LogP contribution in [0.4, 0.5) is 0 Å². The van der Waals surface area contributed by atoms with Crippen LogP contribution in [0, 0.1) is 18.3 Å². The highest BCUT2D eigenvalue weighted by Gasteiger charge is 2.19. The Kier molecular flexibility index (Phi) is 5.48. The molecule has 0 saturated heterocycles. The molecule has 1 fully saturated rings. The van der Waals surface area contributed by atoms with Crippen LogP contribution in [0.25, 0.3) is 17.0 Å². The topological polar surface area (TPSA) is 57.8 Å². The fraction of sp³-hybridized carbons (Fsp3) is 0.280. The predicted octanol–water partition coefficient (Wildman–Crippen LogP) is 4.96. The molecular weight excluding hydrogens is 358 g/mol. The lowest BCUT2D eigenvalue weighted by Gasteiger charge is -2.10. The van der Waals surface area contributed by atoms with Gasteiger partial charge in [0.2, 0.25) is 0 Å². The smallest absolute Gasteiger partial charge is 0.262 e. The molecule has 1 heterocycles. The summed E-state index contributed by atoms with van der Waals surface area (Å²) in [5.41, 5.74) is 4.60. The summed E-state index contributed by atoms with van der Waals surface area (Å²) in [4.78, 5) is 12.6. The van der Waals surface area contributed by atoms with Gasteiger partial charge in [-0.3, -0.25) is 4.79 Å². The molecule has 4 nitrogen and oxygen atoms in total. The van der Waals surface area contributed by atoms with Crippen LogP contribution in [-0.2, 0) is 11.3 Å². The number of hydrogen-bond donors (Lipinski definition) is 1. The minimum absolute atomic E-state index is 0.162. The number of benzene rings is 2. The number of aryl methyl sites for hydroxylation is 1. The van der Waals surface area contributed by atoms with Crippen LogP contribution in [0.5, 0.6) is 0 Å². The van der Waals surface area contributed by atoms with Crippen LogP contribution in [0.15, 0.2) is 60.3 Å². The van der Waals surface area contributed by atoms with Crippen molar-refractivity contribution in [2.75, 3.05) is 0 Å². The number of nitrogens with zero attached hydrogens (tertiary/aromatic N) is 2. The van der Waals surface area contributed by atoms with Gasteiger partial charge in [-0.25, -0.2) is 0 Å². The van der Waals surface area contributed by atoms with Gasteiger partial charge in [0.1, 0.15) is 11.6 Å². The van der Waals surface area contributed by atoms with Crippen molar-refractivity contribution in [3.63, 3.8) is 0 Å². The lowest BCUT2D eigenvalue weighted by molar-refractivity contribution is -0.117. The van der Waals surface area contributed by atoms with Gasteiger partial charge in [0.25, 0.3) is 5.91 Å². The first-order valence-corrected chi connectivity index (χ1v) is 10.2. The molecule has 0 bridgehead atoms. The van der Waals surface area contributed by atoms with E-state index in [9.17, 15) is 10.1 Å². The zero-order chi connectivity index (χ0) is 20.2. The third-order valence-corrected chi connectivity index (χ3v) is 5.61. The van der Waals surface area contributed by atoms with Crippen LogP contribution in [-0.4, -0.2) is 16.5 Å². The minimum Gasteiger partial charge on any atom is -0.349 e. The van der Waals surface area contributed by atoms with Crippen molar-refractivity contribution in [1.29, 1.82) is 5.26 Å². The fourth-order valence-electron chi connectivity index (χ4n) is 4.17. The standard InChI is InChI=1S/C25H25N3O/c1-18-7-6-8-19(13-18)16-28-17-21(23-11-4-5-12-24(23)28)14-20(15-26)25(29)27-22-9-2-3-10-22/h4-8,11-14,17,22H,2-3,9-10,16H2,1H3,(H,27,29)/b20-14-. The van der Waals surface area contributed by atoms with Gasteiger partial charge in [0.05, 0.1) is 0 Å². The Morgan fingerprint density at radius 1 is 1.21 bits per heavy atom. The Morgan fingerprint density at radius 3 is 2.76 bits per heavy atom. The summed E-state index contributed by atoms with van der Waals surface area (Å²) in [5, 5.41) is 13.6. The molecule has 0 atom stereocenters. The Morgan fingerprint density at radius 2 is 2.00 bits per heavy atom. The van der Waals surface area contributed by atoms with E-state index in [1.165, 1.54) is 11.1 Å². The van der Waals surface area contributed by atoms with Crippen molar-refractivity contribution in [3.05, 3.63) is 77.0 Å². The second-order valence-electron chi connectivity index (χ2n) is 7.84. The second-order valence-corrected chi connectivity index (χ2v) is 7.84. The lowest BCUT2D eigenvalue weighted by atomic mass is 10.1. The van der Waals surface area contributed by atoms with E-state index in [-0.39, 0.29) is 17.5 Å². The Bertz CT molecular complexity index is 1110. The minimum atomic E-state index is -0.269. The van der Waals surface area contributed by atoms with Crippen LogP contribution in [0.1, 0.15) is 42.4 Å². The average Bonchev–Trinajstić information content (AvgIpc) is 3.34. The van der Waals surface area contributed by atoms with Crippen molar-refractivity contribution in [2.45, 2.75) is 45.2 Å². The van der Waals surface area contributed by atoms with Gasteiger partial charge in [0, 0.05) is 35.2 Å². The number of hydrogen-bond acceptors (Lipinski definition) is 2. The summed E-state index contributed by atoms with van der Waals surface area (Å²) in [5.74, 6) is -0.269. The van der Waals surface area contributed by atoms with E-state index in [1.807, 2.05) is 24.4 Å². The van der Waals surface area contributed by atoms with E-state index in [0.717, 1.165) is 48.7 Å². The maximum Gasteiger partial charge on any atom is 0.262 e. The molecule has 1 amide bonds. The van der Waals surface area contributed by atoms with E-state index in [0.29, 0.717) is 0 Å². The molecule has 0 spiro atoms. The number of aromatic nitrogens is 1. The number of fused-ring (bicyclic) bond motifs is 1. The molecule has 1 saturated carbocycles. The number of amides is 1. The number of carbonyl (C=O) groups is 1. The first-order chi connectivity index (χ1) is 14.1. The van der Waals surface area contributed by atoms with E-state index in [2.05, 4.69) is 53.2 Å². The summed E-state index contributed by atoms with van der Waals surface area (Å²) < 4.78 is 2.18. The number of nitrogens with one attached hydrogen (secondary N) is 1. The molecule has 0 radical (unpaired) electrons. The molecule has 0 aliphatic heterocycles. The van der Waals surface area contributed by atoms with Crippen LogP contribution < -0.4 is 5.32 Å². The molecule has 4 rings (SSSR count). The lowest BCUT2D eigenvalue weighted by Crippen LogP contribution is -2.33. The van der Waals surface area contributed by atoms with Gasteiger partial charge in [-0.2, -0.15) is 5.26 Å². The van der Waals surface area contributed by atoms with Crippen molar-refractivity contribution in [1.82, 2.24) is 9.88 Å². The normalized spacial score (nSPS) is 14.8. The maximum atomic E-state index is 12.6. The van der Waals surface area contributed by atoms with E-state index < -0.39 is 0 Å². The zero-order valence-electron chi connectivity index (χ0n) is 16.7. The van der Waals surface area contributed by atoms with Crippen molar-refractivity contribution in [3.8, 4) is 6.07 Å². The van der Waals surface area contributed by atoms with E-state index in [4.69, 9.17) is 0 Å². The Balaban J connectivity index is 1.67. The summed E-state index contributed by atoms with van der Waals surface area (Å²) in [6, 6.07) is 18.9. The van der Waals surface area contributed by atoms with Crippen LogP contribution in [0.3, 0.4) is 0 Å². The zero-order valence-corrected chi connectivity index (χ0v) is 16.7. The van der Waals surface area contributed by atoms with Gasteiger partial charge in [-0.15, -0.1) is 0 Å². The van der Waals surface area contributed by atoms with E-state index >= 15 is 0 Å². The van der Waals surface area contributed by atoms with Crippen molar-refractivity contribution < 1.29 is 4.79 Å². The van der Waals surface area contributed by atoms with Crippen LogP contribution in [0.2, 0.25) is 0 Å². The molecule has 0 unspecified atom stereocenters. The summed E-state index contributed by atoms with van der Waals surface area (Å²) in [6.07, 6.45) is 8.04. The summed E-state index contributed by atoms with van der Waals surface area (Å²) in [7, 11) is 0. The molecule has 4 heteroatoms. The quantitative estimate of drug-likeness (QED) is 0.500. The van der Waals surface area contributed by atoms with Crippen LogP contribution >= 0.6 is 0 Å². The number of rotatable bonds is 5. The molecule has 1 aliphatic carbocycles. The highest BCUT2D eigenvalue weighted by Crippen LogP contribution is 2.25. The number of para-hydroxylation sites is 1. The first kappa shape index (κ1) is 19.0. The highest BCUT2D eigenvalue weighted by molar-refractivity contribution is 6.04. The molecule has 1 N–H and O–H groups in total. The molecule has 29 heavy (non-hydrogen) atoms. The maximum absolute atomic E-state index is 12.6. The molecule has 146 valence electrons. The second kappa shape index (κ2) is 8.36. The monoisotopic (exact) mass is 383 g/mol. The van der Waals surface area contributed by atoms with Gasteiger partial charge >= 0.3 is 0 Å². The predicted molar refractivity (Wildman–Crippen MR) is 116 cm³/mol. The van der Waals surface area contributed by atoms with Gasteiger partial charge in [-0.1, -0.05) is 60.9 Å². The third kappa shape index (κ3) is 4.25. The summed E-state index contributed by atoms with van der Waals surface area (Å²) >= 11 is 0. The SMILES string of the molecule is Cc1cccc(Cn2cc(/C=C(/C#N)C(=O)NC3CCCC3)c3ccccc32)c1. The largest absolute Gasteiger partial charge is 0.349 e. The third-order valence-electron chi connectivity index (χ3n) is 5.61.